The highest BCUT2D eigenvalue weighted by atomic mass is 35.5. The fraction of sp³-hybridized carbons (Fsp3) is 0.500. The van der Waals surface area contributed by atoms with Crippen LogP contribution in [0.4, 0.5) is 4.39 Å². The van der Waals surface area contributed by atoms with Gasteiger partial charge in [0.1, 0.15) is 5.82 Å². The molecule has 1 heterocycles. The van der Waals surface area contributed by atoms with E-state index in [0.29, 0.717) is 30.2 Å². The minimum absolute atomic E-state index is 0.0807. The summed E-state index contributed by atoms with van der Waals surface area (Å²) < 4.78 is 13.9. The fourth-order valence-electron chi connectivity index (χ4n) is 2.42. The first-order valence-electron chi connectivity index (χ1n) is 6.66. The van der Waals surface area contributed by atoms with Gasteiger partial charge < -0.3 is 10.0 Å². The Labute approximate surface area is 133 Å². The Morgan fingerprint density at radius 1 is 1.38 bits per heavy atom. The summed E-state index contributed by atoms with van der Waals surface area (Å²) in [6, 6.07) is 2.69. The van der Waals surface area contributed by atoms with Gasteiger partial charge in [-0.3, -0.25) is 9.69 Å². The Morgan fingerprint density at radius 3 is 2.76 bits per heavy atom. The van der Waals surface area contributed by atoms with Crippen LogP contribution in [0.1, 0.15) is 12.5 Å². The van der Waals surface area contributed by atoms with E-state index in [4.69, 9.17) is 23.2 Å². The van der Waals surface area contributed by atoms with E-state index in [1.54, 1.807) is 4.90 Å². The Hall–Kier alpha value is -0.880. The van der Waals surface area contributed by atoms with Gasteiger partial charge in [-0.15, -0.1) is 0 Å². The van der Waals surface area contributed by atoms with Crippen molar-refractivity contribution in [3.05, 3.63) is 33.6 Å². The molecule has 1 saturated heterocycles. The summed E-state index contributed by atoms with van der Waals surface area (Å²) in [4.78, 5) is 14.9. The summed E-state index contributed by atoms with van der Waals surface area (Å²) in [6.07, 6.45) is -0.669. The van der Waals surface area contributed by atoms with Gasteiger partial charge in [-0.05, 0) is 12.1 Å². The zero-order chi connectivity index (χ0) is 15.6. The van der Waals surface area contributed by atoms with Gasteiger partial charge >= 0.3 is 0 Å². The van der Waals surface area contributed by atoms with E-state index in [9.17, 15) is 14.3 Å². The number of β-amino-alcohol motifs (C(OH)–C–C–N with tert-alkyl or cyclic N) is 1. The summed E-state index contributed by atoms with van der Waals surface area (Å²) in [5.74, 6) is -0.505. The first kappa shape index (κ1) is 16.5. The predicted octanol–water partition coefficient (Wildman–Crippen LogP) is 2.16. The molecule has 1 fully saturated rings. The molecule has 0 saturated carbocycles. The molecule has 0 radical (unpaired) electrons. The van der Waals surface area contributed by atoms with Crippen molar-refractivity contribution in [2.24, 2.45) is 0 Å². The maximum Gasteiger partial charge on any atom is 0.219 e. The number of carbonyl (C=O) groups excluding carboxylic acids is 1. The molecule has 1 aromatic rings. The third kappa shape index (κ3) is 4.07. The molecule has 1 amide bonds. The molecule has 1 aliphatic heterocycles. The average Bonchev–Trinajstić information content (AvgIpc) is 2.61. The SMILES string of the molecule is CC(=O)N1CCN(Cc2c(F)ccc(Cl)c2Cl)CC(O)C1. The number of benzene rings is 1. The number of hydrogen-bond acceptors (Lipinski definition) is 3. The lowest BCUT2D eigenvalue weighted by Crippen LogP contribution is -2.36. The molecule has 2 rings (SSSR count). The minimum atomic E-state index is -0.669. The second-order valence-corrected chi connectivity index (χ2v) is 5.96. The number of halogens is 3. The second-order valence-electron chi connectivity index (χ2n) is 5.18. The van der Waals surface area contributed by atoms with E-state index in [1.807, 2.05) is 4.90 Å². The lowest BCUT2D eigenvalue weighted by Gasteiger charge is -2.22. The molecule has 0 spiro atoms. The maximum atomic E-state index is 13.9. The quantitative estimate of drug-likeness (QED) is 0.843. The van der Waals surface area contributed by atoms with Crippen molar-refractivity contribution in [2.45, 2.75) is 19.6 Å². The van der Waals surface area contributed by atoms with Crippen LogP contribution in [0.3, 0.4) is 0 Å². The van der Waals surface area contributed by atoms with Crippen molar-refractivity contribution in [2.75, 3.05) is 26.2 Å². The largest absolute Gasteiger partial charge is 0.390 e. The van der Waals surface area contributed by atoms with Crippen LogP contribution < -0.4 is 0 Å². The van der Waals surface area contributed by atoms with Gasteiger partial charge in [-0.2, -0.15) is 0 Å². The number of aliphatic hydroxyl groups is 1. The predicted molar refractivity (Wildman–Crippen MR) is 80.0 cm³/mol. The molecule has 1 aromatic carbocycles. The zero-order valence-electron chi connectivity index (χ0n) is 11.7. The first-order chi connectivity index (χ1) is 9.88. The van der Waals surface area contributed by atoms with Crippen molar-refractivity contribution in [1.29, 1.82) is 0 Å². The summed E-state index contributed by atoms with van der Waals surface area (Å²) in [6.45, 7) is 3.39. The Kier molecular flexibility index (Phi) is 5.43. The normalized spacial score (nSPS) is 20.4. The number of hydrogen-bond donors (Lipinski definition) is 1. The summed E-state index contributed by atoms with van der Waals surface area (Å²) in [5.41, 5.74) is 0.313. The topological polar surface area (TPSA) is 43.8 Å². The van der Waals surface area contributed by atoms with Crippen LogP contribution in [0.25, 0.3) is 0 Å². The Balaban J connectivity index is 2.13. The monoisotopic (exact) mass is 334 g/mol. The molecule has 1 aliphatic rings. The average molecular weight is 335 g/mol. The fourth-order valence-corrected chi connectivity index (χ4v) is 2.81. The molecular formula is C14H17Cl2FN2O2. The van der Waals surface area contributed by atoms with Gasteiger partial charge in [0, 0.05) is 45.2 Å². The molecule has 0 bridgehead atoms. The van der Waals surface area contributed by atoms with Crippen molar-refractivity contribution < 1.29 is 14.3 Å². The van der Waals surface area contributed by atoms with E-state index >= 15 is 0 Å². The lowest BCUT2D eigenvalue weighted by atomic mass is 10.2. The molecular weight excluding hydrogens is 318 g/mol. The van der Waals surface area contributed by atoms with Gasteiger partial charge in [0.25, 0.3) is 0 Å². The highest BCUT2D eigenvalue weighted by molar-refractivity contribution is 6.42. The van der Waals surface area contributed by atoms with Gasteiger partial charge in [-0.1, -0.05) is 23.2 Å². The van der Waals surface area contributed by atoms with E-state index in [0.717, 1.165) is 0 Å². The molecule has 116 valence electrons. The molecule has 1 unspecified atom stereocenters. The van der Waals surface area contributed by atoms with E-state index in [-0.39, 0.29) is 24.0 Å². The molecule has 1 atom stereocenters. The summed E-state index contributed by atoms with van der Waals surface area (Å²) >= 11 is 12.0. The van der Waals surface area contributed by atoms with Crippen LogP contribution in [0.5, 0.6) is 0 Å². The van der Waals surface area contributed by atoms with Crippen molar-refractivity contribution in [1.82, 2.24) is 9.80 Å². The van der Waals surface area contributed by atoms with Crippen LogP contribution in [-0.2, 0) is 11.3 Å². The minimum Gasteiger partial charge on any atom is -0.390 e. The van der Waals surface area contributed by atoms with Crippen LogP contribution >= 0.6 is 23.2 Å². The van der Waals surface area contributed by atoms with Crippen molar-refractivity contribution >= 4 is 29.1 Å². The number of aliphatic hydroxyl groups excluding tert-OH is 1. The zero-order valence-corrected chi connectivity index (χ0v) is 13.2. The van der Waals surface area contributed by atoms with Crippen LogP contribution in [0.15, 0.2) is 12.1 Å². The van der Waals surface area contributed by atoms with Crippen LogP contribution in [0.2, 0.25) is 10.0 Å². The number of carbonyl (C=O) groups is 1. The lowest BCUT2D eigenvalue weighted by molar-refractivity contribution is -0.129. The first-order valence-corrected chi connectivity index (χ1v) is 7.42. The molecule has 7 heteroatoms. The van der Waals surface area contributed by atoms with Crippen molar-refractivity contribution in [3.8, 4) is 0 Å². The Bertz CT molecular complexity index is 542. The molecule has 0 aromatic heterocycles. The van der Waals surface area contributed by atoms with Gasteiger partial charge in [0.05, 0.1) is 16.1 Å². The number of amides is 1. The Morgan fingerprint density at radius 2 is 2.10 bits per heavy atom. The van der Waals surface area contributed by atoms with Crippen LogP contribution in [-0.4, -0.2) is 53.1 Å². The highest BCUT2D eigenvalue weighted by Gasteiger charge is 2.24. The van der Waals surface area contributed by atoms with Crippen molar-refractivity contribution in [3.63, 3.8) is 0 Å². The van der Waals surface area contributed by atoms with E-state index in [2.05, 4.69) is 0 Å². The third-order valence-corrected chi connectivity index (χ3v) is 4.40. The summed E-state index contributed by atoms with van der Waals surface area (Å²) in [5, 5.41) is 10.5. The van der Waals surface area contributed by atoms with E-state index < -0.39 is 11.9 Å². The molecule has 1 N–H and O–H groups in total. The molecule has 21 heavy (non-hydrogen) atoms. The molecule has 0 aliphatic carbocycles. The number of nitrogens with zero attached hydrogens (tertiary/aromatic N) is 2. The second kappa shape index (κ2) is 6.92. The molecule has 4 nitrogen and oxygen atoms in total. The van der Waals surface area contributed by atoms with E-state index in [1.165, 1.54) is 19.1 Å². The standard InChI is InChI=1S/C14H17Cl2FN2O2/c1-9(20)19-5-4-18(6-10(21)7-19)8-11-13(17)3-2-12(15)14(11)16/h2-3,10,21H,4-8H2,1H3. The summed E-state index contributed by atoms with van der Waals surface area (Å²) in [7, 11) is 0. The van der Waals surface area contributed by atoms with Crippen LogP contribution in [0, 0.1) is 5.82 Å². The maximum absolute atomic E-state index is 13.9. The third-order valence-electron chi connectivity index (χ3n) is 3.55. The van der Waals surface area contributed by atoms with Gasteiger partial charge in [-0.25, -0.2) is 4.39 Å². The highest BCUT2D eigenvalue weighted by Crippen LogP contribution is 2.29. The van der Waals surface area contributed by atoms with Gasteiger partial charge in [0.15, 0.2) is 0 Å². The smallest absolute Gasteiger partial charge is 0.219 e. The van der Waals surface area contributed by atoms with Gasteiger partial charge in [0.2, 0.25) is 5.91 Å². The number of rotatable bonds is 2.